The number of hydrogen-bond donors (Lipinski definition) is 2. The van der Waals surface area contributed by atoms with E-state index in [9.17, 15) is 0 Å². The van der Waals surface area contributed by atoms with Crippen LogP contribution in [0.2, 0.25) is 0 Å². The monoisotopic (exact) mass is 228 g/mol. The topological polar surface area (TPSA) is 63.8 Å². The first-order valence-corrected chi connectivity index (χ1v) is 5.71. The summed E-state index contributed by atoms with van der Waals surface area (Å²) < 4.78 is 0. The van der Waals surface area contributed by atoms with E-state index in [4.69, 9.17) is 5.73 Å². The maximum atomic E-state index is 5.47. The van der Waals surface area contributed by atoms with Crippen LogP contribution >= 0.6 is 0 Å². The number of nitrogens with zero attached hydrogens (tertiary/aromatic N) is 2. The minimum atomic E-state index is 0.425. The number of benzene rings is 1. The normalized spacial score (nSPS) is 10.2. The number of anilines is 3. The zero-order valence-electron chi connectivity index (χ0n) is 9.85. The van der Waals surface area contributed by atoms with Gasteiger partial charge < -0.3 is 11.1 Å². The molecule has 3 N–H and O–H groups in total. The number of hydrogen-bond acceptors (Lipinski definition) is 4. The molecule has 0 aliphatic rings. The lowest BCUT2D eigenvalue weighted by Crippen LogP contribution is -1.97. The third kappa shape index (κ3) is 3.17. The van der Waals surface area contributed by atoms with E-state index in [1.54, 1.807) is 6.20 Å². The predicted molar refractivity (Wildman–Crippen MR) is 70.2 cm³/mol. The second kappa shape index (κ2) is 5.30. The molecule has 88 valence electrons. The van der Waals surface area contributed by atoms with Crippen LogP contribution in [0.15, 0.2) is 36.7 Å². The van der Waals surface area contributed by atoms with E-state index < -0.39 is 0 Å². The second-order valence-corrected chi connectivity index (χ2v) is 3.90. The lowest BCUT2D eigenvalue weighted by molar-refractivity contribution is 0.922. The third-order valence-electron chi connectivity index (χ3n) is 2.44. The highest BCUT2D eigenvalue weighted by Gasteiger charge is 1.97. The molecular formula is C13H16N4. The quantitative estimate of drug-likeness (QED) is 0.844. The van der Waals surface area contributed by atoms with Crippen molar-refractivity contribution in [3.05, 3.63) is 42.2 Å². The van der Waals surface area contributed by atoms with E-state index in [0.29, 0.717) is 11.6 Å². The first kappa shape index (κ1) is 11.4. The minimum absolute atomic E-state index is 0.425. The Hall–Kier alpha value is -2.10. The van der Waals surface area contributed by atoms with Gasteiger partial charge in [-0.15, -0.1) is 0 Å². The molecule has 4 nitrogen and oxygen atoms in total. The van der Waals surface area contributed by atoms with Gasteiger partial charge in [0, 0.05) is 5.69 Å². The van der Waals surface area contributed by atoms with Gasteiger partial charge in [-0.1, -0.05) is 25.5 Å². The molecule has 0 saturated carbocycles. The number of rotatable bonds is 4. The Morgan fingerprint density at radius 3 is 2.47 bits per heavy atom. The molecular weight excluding hydrogens is 212 g/mol. The molecule has 1 heterocycles. The molecule has 0 fully saturated rings. The molecule has 0 aliphatic carbocycles. The molecule has 0 aliphatic heterocycles. The Bertz CT molecular complexity index is 462. The average molecular weight is 228 g/mol. The number of aromatic nitrogens is 2. The predicted octanol–water partition coefficient (Wildman–Crippen LogP) is 2.75. The number of aryl methyl sites for hydroxylation is 1. The van der Waals surface area contributed by atoms with Crippen molar-refractivity contribution >= 4 is 17.3 Å². The van der Waals surface area contributed by atoms with Crippen molar-refractivity contribution in [1.29, 1.82) is 0 Å². The second-order valence-electron chi connectivity index (χ2n) is 3.90. The van der Waals surface area contributed by atoms with Crippen molar-refractivity contribution in [2.75, 3.05) is 11.1 Å². The Morgan fingerprint density at radius 2 is 1.88 bits per heavy atom. The zero-order chi connectivity index (χ0) is 12.1. The van der Waals surface area contributed by atoms with Crippen molar-refractivity contribution < 1.29 is 0 Å². The van der Waals surface area contributed by atoms with Gasteiger partial charge in [0.2, 0.25) is 0 Å². The fraction of sp³-hybridized carbons (Fsp3) is 0.231. The van der Waals surface area contributed by atoms with Gasteiger partial charge in [-0.2, -0.15) is 0 Å². The van der Waals surface area contributed by atoms with E-state index in [-0.39, 0.29) is 0 Å². The average Bonchev–Trinajstić information content (AvgIpc) is 2.35. The summed E-state index contributed by atoms with van der Waals surface area (Å²) in [6, 6.07) is 8.33. The van der Waals surface area contributed by atoms with Gasteiger partial charge in [0.05, 0.1) is 12.4 Å². The number of nitrogens with two attached hydrogens (primary N) is 1. The van der Waals surface area contributed by atoms with Crippen molar-refractivity contribution in [3.63, 3.8) is 0 Å². The first-order chi connectivity index (χ1) is 8.28. The summed E-state index contributed by atoms with van der Waals surface area (Å²) >= 11 is 0. The summed E-state index contributed by atoms with van der Waals surface area (Å²) in [5.41, 5.74) is 7.82. The summed E-state index contributed by atoms with van der Waals surface area (Å²) in [7, 11) is 0. The minimum Gasteiger partial charge on any atom is -0.382 e. The molecule has 4 heteroatoms. The van der Waals surface area contributed by atoms with E-state index >= 15 is 0 Å². The highest BCUT2D eigenvalue weighted by Crippen LogP contribution is 2.15. The van der Waals surface area contributed by atoms with Crippen molar-refractivity contribution in [1.82, 2.24) is 9.97 Å². The summed E-state index contributed by atoms with van der Waals surface area (Å²) in [6.07, 6.45) is 5.43. The van der Waals surface area contributed by atoms with Crippen LogP contribution in [0, 0.1) is 0 Å². The van der Waals surface area contributed by atoms with Crippen LogP contribution in [-0.2, 0) is 6.42 Å². The van der Waals surface area contributed by atoms with Gasteiger partial charge in [0.1, 0.15) is 11.6 Å². The Morgan fingerprint density at radius 1 is 1.12 bits per heavy atom. The molecule has 17 heavy (non-hydrogen) atoms. The molecule has 0 atom stereocenters. The smallest absolute Gasteiger partial charge is 0.149 e. The zero-order valence-corrected chi connectivity index (χ0v) is 9.85. The Labute approximate surface area is 101 Å². The lowest BCUT2D eigenvalue weighted by Gasteiger charge is -2.06. The first-order valence-electron chi connectivity index (χ1n) is 5.71. The fourth-order valence-corrected chi connectivity index (χ4v) is 1.59. The SMILES string of the molecule is CCCc1ccc(Nc2cnc(N)cn2)cc1. The molecule has 0 unspecified atom stereocenters. The van der Waals surface area contributed by atoms with E-state index in [1.165, 1.54) is 11.8 Å². The van der Waals surface area contributed by atoms with Crippen LogP contribution in [0.1, 0.15) is 18.9 Å². The number of nitrogens with one attached hydrogen (secondary N) is 1. The van der Waals surface area contributed by atoms with E-state index in [0.717, 1.165) is 18.5 Å². The molecule has 2 aromatic rings. The van der Waals surface area contributed by atoms with Gasteiger partial charge in [0.15, 0.2) is 0 Å². The lowest BCUT2D eigenvalue weighted by atomic mass is 10.1. The van der Waals surface area contributed by atoms with E-state index in [2.05, 4.69) is 34.3 Å². The molecule has 0 amide bonds. The molecule has 1 aromatic carbocycles. The van der Waals surface area contributed by atoms with Gasteiger partial charge >= 0.3 is 0 Å². The fourth-order valence-electron chi connectivity index (χ4n) is 1.59. The third-order valence-corrected chi connectivity index (χ3v) is 2.44. The Balaban J connectivity index is 2.05. The van der Waals surface area contributed by atoms with Gasteiger partial charge in [-0.25, -0.2) is 9.97 Å². The number of nitrogen functional groups attached to an aromatic ring is 1. The van der Waals surface area contributed by atoms with Crippen molar-refractivity contribution in [3.8, 4) is 0 Å². The van der Waals surface area contributed by atoms with Crippen LogP contribution in [0.5, 0.6) is 0 Å². The van der Waals surface area contributed by atoms with Gasteiger partial charge in [0.25, 0.3) is 0 Å². The highest BCUT2D eigenvalue weighted by atomic mass is 15.0. The molecule has 2 rings (SSSR count). The van der Waals surface area contributed by atoms with Crippen LogP contribution in [-0.4, -0.2) is 9.97 Å². The summed E-state index contributed by atoms with van der Waals surface area (Å²) in [5.74, 6) is 1.12. The van der Waals surface area contributed by atoms with Gasteiger partial charge in [-0.05, 0) is 24.1 Å². The molecule has 1 aromatic heterocycles. The van der Waals surface area contributed by atoms with Crippen LogP contribution < -0.4 is 11.1 Å². The highest BCUT2D eigenvalue weighted by molar-refractivity contribution is 5.56. The standard InChI is InChI=1S/C13H16N4/c1-2-3-10-4-6-11(7-5-10)17-13-9-15-12(14)8-16-13/h4-9H,2-3H2,1H3,(H2,14,15)(H,16,17). The van der Waals surface area contributed by atoms with Crippen molar-refractivity contribution in [2.45, 2.75) is 19.8 Å². The molecule has 0 bridgehead atoms. The van der Waals surface area contributed by atoms with Crippen molar-refractivity contribution in [2.24, 2.45) is 0 Å². The Kier molecular flexibility index (Phi) is 3.55. The van der Waals surface area contributed by atoms with E-state index in [1.807, 2.05) is 12.1 Å². The maximum Gasteiger partial charge on any atom is 0.149 e. The molecule has 0 radical (unpaired) electrons. The van der Waals surface area contributed by atoms with Crippen LogP contribution in [0.25, 0.3) is 0 Å². The summed E-state index contributed by atoms with van der Waals surface area (Å²) in [6.45, 7) is 2.18. The van der Waals surface area contributed by atoms with Crippen LogP contribution in [0.3, 0.4) is 0 Å². The summed E-state index contributed by atoms with van der Waals surface area (Å²) in [5, 5.41) is 3.17. The maximum absolute atomic E-state index is 5.47. The summed E-state index contributed by atoms with van der Waals surface area (Å²) in [4.78, 5) is 8.11. The van der Waals surface area contributed by atoms with Gasteiger partial charge in [-0.3, -0.25) is 0 Å². The van der Waals surface area contributed by atoms with Crippen LogP contribution in [0.4, 0.5) is 17.3 Å². The largest absolute Gasteiger partial charge is 0.382 e. The molecule has 0 saturated heterocycles. The molecule has 0 spiro atoms.